The molecular weight excluding hydrogens is 350 g/mol. The van der Waals surface area contributed by atoms with Gasteiger partial charge in [0, 0.05) is 61.6 Å². The van der Waals surface area contributed by atoms with E-state index in [4.69, 9.17) is 0 Å². The van der Waals surface area contributed by atoms with Crippen LogP contribution in [0.2, 0.25) is 0 Å². The molecule has 2 aliphatic heterocycles. The molecule has 1 aromatic carbocycles. The Kier molecular flexibility index (Phi) is 4.38. The number of carbonyl (C=O) groups is 1. The molecule has 1 aliphatic carbocycles. The highest BCUT2D eigenvalue weighted by Crippen LogP contribution is 2.44. The maximum absolute atomic E-state index is 13.2. The number of likely N-dealkylation sites (tertiary alicyclic amines) is 1. The third-order valence-electron chi connectivity index (χ3n) is 6.97. The Morgan fingerprint density at radius 3 is 2.64 bits per heavy atom. The summed E-state index contributed by atoms with van der Waals surface area (Å²) in [5.74, 6) is 0.164. The lowest BCUT2D eigenvalue weighted by atomic mass is 9.77. The van der Waals surface area contributed by atoms with Gasteiger partial charge in [-0.3, -0.25) is 9.89 Å². The molecular formula is C22H29N5O. The summed E-state index contributed by atoms with van der Waals surface area (Å²) in [4.78, 5) is 20.0. The molecule has 6 nitrogen and oxygen atoms in total. The first kappa shape index (κ1) is 17.7. The van der Waals surface area contributed by atoms with Crippen LogP contribution in [0.3, 0.4) is 0 Å². The average molecular weight is 380 g/mol. The highest BCUT2D eigenvalue weighted by atomic mass is 16.2. The molecule has 1 atom stereocenters. The number of aromatic amines is 1. The van der Waals surface area contributed by atoms with Crippen molar-refractivity contribution in [2.45, 2.75) is 31.1 Å². The van der Waals surface area contributed by atoms with Gasteiger partial charge in [-0.15, -0.1) is 0 Å². The molecule has 6 heteroatoms. The second-order valence-electron chi connectivity index (χ2n) is 8.72. The number of H-pyrrole nitrogens is 1. The van der Waals surface area contributed by atoms with E-state index in [9.17, 15) is 4.79 Å². The van der Waals surface area contributed by atoms with Crippen molar-refractivity contribution in [3.05, 3.63) is 47.3 Å². The lowest BCUT2D eigenvalue weighted by Gasteiger charge is -2.40. The average Bonchev–Trinajstić information content (AvgIpc) is 3.33. The van der Waals surface area contributed by atoms with E-state index in [-0.39, 0.29) is 11.3 Å². The molecule has 0 radical (unpaired) electrons. The van der Waals surface area contributed by atoms with Crippen molar-refractivity contribution in [2.24, 2.45) is 0 Å². The number of anilines is 1. The predicted molar refractivity (Wildman–Crippen MR) is 110 cm³/mol. The van der Waals surface area contributed by atoms with Crippen LogP contribution >= 0.6 is 0 Å². The monoisotopic (exact) mass is 379 g/mol. The first-order valence-corrected chi connectivity index (χ1v) is 10.5. The Labute approximate surface area is 166 Å². The Hall–Kier alpha value is -2.34. The predicted octanol–water partition coefficient (Wildman–Crippen LogP) is 2.28. The summed E-state index contributed by atoms with van der Waals surface area (Å²) in [6, 6.07) is 8.24. The van der Waals surface area contributed by atoms with Crippen LogP contribution in [-0.2, 0) is 11.8 Å². The van der Waals surface area contributed by atoms with Crippen LogP contribution in [0, 0.1) is 0 Å². The molecule has 1 spiro atoms. The first-order valence-electron chi connectivity index (χ1n) is 10.5. The lowest BCUT2D eigenvalue weighted by molar-refractivity contribution is 0.0633. The van der Waals surface area contributed by atoms with Gasteiger partial charge in [0.1, 0.15) is 0 Å². The van der Waals surface area contributed by atoms with E-state index in [2.05, 4.69) is 44.1 Å². The third kappa shape index (κ3) is 3.00. The van der Waals surface area contributed by atoms with Crippen molar-refractivity contribution >= 4 is 11.6 Å². The number of aryl methyl sites for hydroxylation is 1. The SMILES string of the molecule is CN1CCN(c2ccc(C(=O)N3CCCC4(CCc5cn[nH]c54)C3)cc2)CC1. The molecule has 148 valence electrons. The van der Waals surface area contributed by atoms with Gasteiger partial charge in [0.2, 0.25) is 0 Å². The number of nitrogens with one attached hydrogen (secondary N) is 1. The van der Waals surface area contributed by atoms with Crippen molar-refractivity contribution < 1.29 is 4.79 Å². The van der Waals surface area contributed by atoms with Gasteiger partial charge in [0.05, 0.1) is 6.20 Å². The molecule has 28 heavy (non-hydrogen) atoms. The first-order chi connectivity index (χ1) is 13.6. The zero-order chi connectivity index (χ0) is 19.1. The smallest absolute Gasteiger partial charge is 0.253 e. The van der Waals surface area contributed by atoms with Crippen molar-refractivity contribution in [1.82, 2.24) is 20.0 Å². The molecule has 5 rings (SSSR count). The normalized spacial score (nSPS) is 25.3. The summed E-state index contributed by atoms with van der Waals surface area (Å²) < 4.78 is 0. The van der Waals surface area contributed by atoms with Gasteiger partial charge >= 0.3 is 0 Å². The number of amides is 1. The summed E-state index contributed by atoms with van der Waals surface area (Å²) >= 11 is 0. The molecule has 0 bridgehead atoms. The Balaban J connectivity index is 1.30. The second-order valence-corrected chi connectivity index (χ2v) is 8.72. The quantitative estimate of drug-likeness (QED) is 0.870. The van der Waals surface area contributed by atoms with E-state index in [0.29, 0.717) is 0 Å². The summed E-state index contributed by atoms with van der Waals surface area (Å²) in [6.45, 7) is 5.93. The number of piperidine rings is 1. The second kappa shape index (κ2) is 6.92. The number of aromatic nitrogens is 2. The fraction of sp³-hybridized carbons (Fsp3) is 0.545. The zero-order valence-electron chi connectivity index (χ0n) is 16.7. The van der Waals surface area contributed by atoms with Crippen molar-refractivity contribution in [1.29, 1.82) is 0 Å². The minimum absolute atomic E-state index is 0.0828. The van der Waals surface area contributed by atoms with E-state index in [1.54, 1.807) is 0 Å². The molecule has 3 aliphatic rings. The maximum Gasteiger partial charge on any atom is 0.253 e. The van der Waals surface area contributed by atoms with Gasteiger partial charge in [-0.25, -0.2) is 0 Å². The highest BCUT2D eigenvalue weighted by molar-refractivity contribution is 5.94. The molecule has 1 amide bonds. The summed E-state index contributed by atoms with van der Waals surface area (Å²) in [5, 5.41) is 7.47. The molecule has 1 aromatic heterocycles. The number of hydrogen-bond acceptors (Lipinski definition) is 4. The highest BCUT2D eigenvalue weighted by Gasteiger charge is 2.44. The lowest BCUT2D eigenvalue weighted by Crippen LogP contribution is -2.47. The number of likely N-dealkylation sites (N-methyl/N-ethyl adjacent to an activating group) is 1. The zero-order valence-corrected chi connectivity index (χ0v) is 16.7. The van der Waals surface area contributed by atoms with Gasteiger partial charge in [-0.1, -0.05) is 0 Å². The maximum atomic E-state index is 13.2. The minimum Gasteiger partial charge on any atom is -0.369 e. The van der Waals surface area contributed by atoms with Crippen LogP contribution in [0.4, 0.5) is 5.69 Å². The number of carbonyl (C=O) groups excluding carboxylic acids is 1. The molecule has 2 saturated heterocycles. The largest absolute Gasteiger partial charge is 0.369 e. The molecule has 2 aromatic rings. The minimum atomic E-state index is 0.0828. The number of benzene rings is 1. The van der Waals surface area contributed by atoms with Gasteiger partial charge in [0.25, 0.3) is 5.91 Å². The van der Waals surface area contributed by atoms with E-state index < -0.39 is 0 Å². The number of rotatable bonds is 2. The third-order valence-corrected chi connectivity index (χ3v) is 6.97. The number of nitrogens with zero attached hydrogens (tertiary/aromatic N) is 4. The number of fused-ring (bicyclic) bond motifs is 2. The van der Waals surface area contributed by atoms with Crippen LogP contribution in [0.25, 0.3) is 0 Å². The number of piperazine rings is 1. The van der Waals surface area contributed by atoms with E-state index >= 15 is 0 Å². The van der Waals surface area contributed by atoms with Crippen LogP contribution in [0.5, 0.6) is 0 Å². The molecule has 1 N–H and O–H groups in total. The van der Waals surface area contributed by atoms with Crippen molar-refractivity contribution in [3.63, 3.8) is 0 Å². The van der Waals surface area contributed by atoms with Gasteiger partial charge in [-0.2, -0.15) is 5.10 Å². The Bertz CT molecular complexity index is 852. The van der Waals surface area contributed by atoms with Gasteiger partial charge < -0.3 is 14.7 Å². The van der Waals surface area contributed by atoms with E-state index in [1.165, 1.54) is 16.9 Å². The summed E-state index contributed by atoms with van der Waals surface area (Å²) in [6.07, 6.45) is 6.37. The summed E-state index contributed by atoms with van der Waals surface area (Å²) in [5.41, 5.74) is 4.72. The molecule has 2 fully saturated rings. The van der Waals surface area contributed by atoms with Crippen LogP contribution < -0.4 is 4.90 Å². The Morgan fingerprint density at radius 2 is 1.86 bits per heavy atom. The van der Waals surface area contributed by atoms with E-state index in [1.807, 2.05) is 18.3 Å². The van der Waals surface area contributed by atoms with Crippen molar-refractivity contribution in [2.75, 3.05) is 51.2 Å². The molecule has 3 heterocycles. The summed E-state index contributed by atoms with van der Waals surface area (Å²) in [7, 11) is 2.17. The standard InChI is InChI=1S/C22H29N5O/c1-25-11-13-26(14-12-25)19-5-3-17(4-6-19)21(28)27-10-2-8-22(16-27)9-7-18-15-23-24-20(18)22/h3-6,15H,2,7-14,16H2,1H3,(H,23,24). The molecule has 0 saturated carbocycles. The van der Waals surface area contributed by atoms with Crippen LogP contribution in [-0.4, -0.2) is 72.2 Å². The van der Waals surface area contributed by atoms with Crippen molar-refractivity contribution in [3.8, 4) is 0 Å². The van der Waals surface area contributed by atoms with Gasteiger partial charge in [-0.05, 0) is 62.6 Å². The fourth-order valence-corrected chi connectivity index (χ4v) is 5.23. The van der Waals surface area contributed by atoms with Gasteiger partial charge in [0.15, 0.2) is 0 Å². The number of hydrogen-bond donors (Lipinski definition) is 1. The fourth-order valence-electron chi connectivity index (χ4n) is 5.23. The molecule has 1 unspecified atom stereocenters. The van der Waals surface area contributed by atoms with E-state index in [0.717, 1.165) is 70.5 Å². The topological polar surface area (TPSA) is 55.5 Å². The Morgan fingerprint density at radius 1 is 1.07 bits per heavy atom. The van der Waals surface area contributed by atoms with Crippen LogP contribution in [0.15, 0.2) is 30.5 Å². The van der Waals surface area contributed by atoms with Crippen LogP contribution in [0.1, 0.15) is 40.9 Å².